The van der Waals surface area contributed by atoms with E-state index in [4.69, 9.17) is 5.26 Å². The van der Waals surface area contributed by atoms with Gasteiger partial charge in [0.2, 0.25) is 0 Å². The van der Waals surface area contributed by atoms with Crippen LogP contribution >= 0.6 is 11.8 Å². The van der Waals surface area contributed by atoms with E-state index in [1.165, 1.54) is 11.8 Å². The number of rotatable bonds is 4. The summed E-state index contributed by atoms with van der Waals surface area (Å²) >= 11 is 1.46. The molecule has 0 aliphatic rings. The minimum atomic E-state index is -0.183. The van der Waals surface area contributed by atoms with E-state index in [2.05, 4.69) is 6.07 Å². The van der Waals surface area contributed by atoms with Gasteiger partial charge in [-0.2, -0.15) is 5.26 Å². The monoisotopic (exact) mass is 319 g/mol. The van der Waals surface area contributed by atoms with Crippen LogP contribution in [-0.4, -0.2) is 0 Å². The normalized spacial score (nSPS) is 10.3. The maximum atomic E-state index is 14.7. The number of benzene rings is 3. The van der Waals surface area contributed by atoms with Crippen molar-refractivity contribution in [3.8, 4) is 17.2 Å². The van der Waals surface area contributed by atoms with Gasteiger partial charge in [0, 0.05) is 16.2 Å². The SMILES string of the molecule is N#Cc1ccc(CSc2cccc(-c3ccccc3)c2F)cc1. The molecule has 3 aromatic rings. The molecule has 0 aliphatic carbocycles. The van der Waals surface area contributed by atoms with Crippen molar-refractivity contribution in [3.05, 3.63) is 89.7 Å². The lowest BCUT2D eigenvalue weighted by Gasteiger charge is -2.08. The van der Waals surface area contributed by atoms with Crippen molar-refractivity contribution in [1.82, 2.24) is 0 Å². The highest BCUT2D eigenvalue weighted by Crippen LogP contribution is 2.32. The van der Waals surface area contributed by atoms with E-state index in [1.807, 2.05) is 48.5 Å². The first kappa shape index (κ1) is 15.3. The van der Waals surface area contributed by atoms with Crippen LogP contribution in [0, 0.1) is 17.1 Å². The molecule has 0 aromatic heterocycles. The van der Waals surface area contributed by atoms with Crippen molar-refractivity contribution in [2.75, 3.05) is 0 Å². The molecule has 0 radical (unpaired) electrons. The Morgan fingerprint density at radius 1 is 0.870 bits per heavy atom. The maximum absolute atomic E-state index is 14.7. The van der Waals surface area contributed by atoms with Crippen molar-refractivity contribution in [3.63, 3.8) is 0 Å². The van der Waals surface area contributed by atoms with E-state index in [-0.39, 0.29) is 5.82 Å². The van der Waals surface area contributed by atoms with Crippen LogP contribution in [0.25, 0.3) is 11.1 Å². The Labute approximate surface area is 139 Å². The summed E-state index contributed by atoms with van der Waals surface area (Å²) in [6, 6.07) is 24.5. The van der Waals surface area contributed by atoms with Gasteiger partial charge in [-0.3, -0.25) is 0 Å². The molecule has 1 nitrogen and oxygen atoms in total. The molecule has 0 bridgehead atoms. The van der Waals surface area contributed by atoms with E-state index in [0.717, 1.165) is 11.1 Å². The predicted octanol–water partition coefficient (Wildman–Crippen LogP) is 5.66. The van der Waals surface area contributed by atoms with E-state index in [9.17, 15) is 4.39 Å². The fourth-order valence-corrected chi connectivity index (χ4v) is 3.23. The van der Waals surface area contributed by atoms with Crippen molar-refractivity contribution in [2.24, 2.45) is 0 Å². The van der Waals surface area contributed by atoms with E-state index >= 15 is 0 Å². The van der Waals surface area contributed by atoms with Crippen LogP contribution < -0.4 is 0 Å². The molecule has 0 amide bonds. The molecule has 0 N–H and O–H groups in total. The molecule has 23 heavy (non-hydrogen) atoms. The maximum Gasteiger partial charge on any atom is 0.144 e. The Balaban J connectivity index is 1.79. The first-order valence-corrected chi connectivity index (χ1v) is 8.22. The zero-order chi connectivity index (χ0) is 16.1. The molecule has 0 fully saturated rings. The van der Waals surface area contributed by atoms with Crippen LogP contribution in [0.3, 0.4) is 0 Å². The largest absolute Gasteiger partial charge is 0.205 e. The van der Waals surface area contributed by atoms with Gasteiger partial charge in [-0.25, -0.2) is 4.39 Å². The Bertz CT molecular complexity index is 836. The van der Waals surface area contributed by atoms with Crippen molar-refractivity contribution < 1.29 is 4.39 Å². The lowest BCUT2D eigenvalue weighted by molar-refractivity contribution is 0.605. The molecule has 3 heteroatoms. The number of nitriles is 1. The second kappa shape index (κ2) is 7.13. The van der Waals surface area contributed by atoms with Crippen molar-refractivity contribution in [1.29, 1.82) is 5.26 Å². The minimum Gasteiger partial charge on any atom is -0.205 e. The quantitative estimate of drug-likeness (QED) is 0.580. The highest BCUT2D eigenvalue weighted by molar-refractivity contribution is 7.98. The average Bonchev–Trinajstić information content (AvgIpc) is 2.62. The molecule has 0 heterocycles. The van der Waals surface area contributed by atoms with Crippen LogP contribution in [0.5, 0.6) is 0 Å². The van der Waals surface area contributed by atoms with Gasteiger partial charge in [0.1, 0.15) is 5.82 Å². The molecule has 0 unspecified atom stereocenters. The van der Waals surface area contributed by atoms with Gasteiger partial charge < -0.3 is 0 Å². The first-order valence-electron chi connectivity index (χ1n) is 7.24. The lowest BCUT2D eigenvalue weighted by atomic mass is 10.1. The first-order chi connectivity index (χ1) is 11.3. The number of hydrogen-bond acceptors (Lipinski definition) is 2. The lowest BCUT2D eigenvalue weighted by Crippen LogP contribution is -1.89. The molecule has 3 aromatic carbocycles. The van der Waals surface area contributed by atoms with E-state index in [1.54, 1.807) is 24.3 Å². The molecule has 0 atom stereocenters. The standard InChI is InChI=1S/C20H14FNS/c21-20-18(17-5-2-1-3-6-17)7-4-8-19(20)23-14-16-11-9-15(13-22)10-12-16/h1-12H,14H2. The fraction of sp³-hybridized carbons (Fsp3) is 0.0500. The Kier molecular flexibility index (Phi) is 4.75. The highest BCUT2D eigenvalue weighted by Gasteiger charge is 2.10. The summed E-state index contributed by atoms with van der Waals surface area (Å²) in [5.41, 5.74) is 3.20. The second-order valence-electron chi connectivity index (χ2n) is 5.08. The second-order valence-corrected chi connectivity index (χ2v) is 6.10. The summed E-state index contributed by atoms with van der Waals surface area (Å²) in [5.74, 6) is 0.485. The molecule has 3 rings (SSSR count). The van der Waals surface area contributed by atoms with Gasteiger partial charge in [-0.15, -0.1) is 11.8 Å². The van der Waals surface area contributed by atoms with Crippen molar-refractivity contribution >= 4 is 11.8 Å². The minimum absolute atomic E-state index is 0.183. The predicted molar refractivity (Wildman–Crippen MR) is 92.6 cm³/mol. The van der Waals surface area contributed by atoms with E-state index in [0.29, 0.717) is 21.8 Å². The third-order valence-electron chi connectivity index (χ3n) is 3.53. The zero-order valence-electron chi connectivity index (χ0n) is 12.4. The summed E-state index contributed by atoms with van der Waals surface area (Å²) < 4.78 is 14.7. The van der Waals surface area contributed by atoms with Gasteiger partial charge in [0.05, 0.1) is 11.6 Å². The fourth-order valence-electron chi connectivity index (χ4n) is 2.30. The summed E-state index contributed by atoms with van der Waals surface area (Å²) in [6.07, 6.45) is 0. The number of hydrogen-bond donors (Lipinski definition) is 0. The van der Waals surface area contributed by atoms with Crippen LogP contribution in [-0.2, 0) is 5.75 Å². The van der Waals surface area contributed by atoms with E-state index < -0.39 is 0 Å². The Morgan fingerprint density at radius 3 is 2.30 bits per heavy atom. The highest BCUT2D eigenvalue weighted by atomic mass is 32.2. The zero-order valence-corrected chi connectivity index (χ0v) is 13.2. The molecular formula is C20H14FNS. The molecule has 112 valence electrons. The van der Waals surface area contributed by atoms with Gasteiger partial charge >= 0.3 is 0 Å². The average molecular weight is 319 g/mol. The van der Waals surface area contributed by atoms with Gasteiger partial charge in [0.15, 0.2) is 0 Å². The van der Waals surface area contributed by atoms with Crippen LogP contribution in [0.4, 0.5) is 4.39 Å². The molecule has 0 saturated heterocycles. The molecule has 0 spiro atoms. The van der Waals surface area contributed by atoms with Gasteiger partial charge in [-0.1, -0.05) is 54.6 Å². The van der Waals surface area contributed by atoms with Gasteiger partial charge in [-0.05, 0) is 29.3 Å². The third kappa shape index (κ3) is 3.61. The molecule has 0 aliphatic heterocycles. The number of halogens is 1. The molecule has 0 saturated carbocycles. The topological polar surface area (TPSA) is 23.8 Å². The number of thioether (sulfide) groups is 1. The summed E-state index contributed by atoms with van der Waals surface area (Å²) in [7, 11) is 0. The Morgan fingerprint density at radius 2 is 1.61 bits per heavy atom. The van der Waals surface area contributed by atoms with Crippen molar-refractivity contribution in [2.45, 2.75) is 10.6 Å². The van der Waals surface area contributed by atoms with Gasteiger partial charge in [0.25, 0.3) is 0 Å². The Hall–Kier alpha value is -2.57. The third-order valence-corrected chi connectivity index (χ3v) is 4.63. The summed E-state index contributed by atoms with van der Waals surface area (Å²) in [5, 5.41) is 8.81. The molecular weight excluding hydrogens is 305 g/mol. The number of nitrogens with zero attached hydrogens (tertiary/aromatic N) is 1. The van der Waals surface area contributed by atoms with Crippen LogP contribution in [0.2, 0.25) is 0 Å². The summed E-state index contributed by atoms with van der Waals surface area (Å²) in [4.78, 5) is 0.635. The van der Waals surface area contributed by atoms with Crippen LogP contribution in [0.15, 0.2) is 77.7 Å². The van der Waals surface area contributed by atoms with Crippen LogP contribution in [0.1, 0.15) is 11.1 Å². The smallest absolute Gasteiger partial charge is 0.144 e. The summed E-state index contributed by atoms with van der Waals surface area (Å²) in [6.45, 7) is 0.